The summed E-state index contributed by atoms with van der Waals surface area (Å²) in [6.07, 6.45) is 3.50. The van der Waals surface area contributed by atoms with Crippen molar-refractivity contribution >= 4 is 5.69 Å². The molecule has 106 valence electrons. The highest BCUT2D eigenvalue weighted by molar-refractivity contribution is 5.46. The molecular weight excluding hydrogens is 254 g/mol. The summed E-state index contributed by atoms with van der Waals surface area (Å²) in [5.41, 5.74) is 7.87. The first-order valence-corrected chi connectivity index (χ1v) is 7.06. The van der Waals surface area contributed by atoms with Gasteiger partial charge in [-0.1, -0.05) is 23.4 Å². The van der Waals surface area contributed by atoms with E-state index in [4.69, 9.17) is 15.0 Å². The summed E-state index contributed by atoms with van der Waals surface area (Å²) >= 11 is 0. The van der Waals surface area contributed by atoms with Crippen molar-refractivity contribution in [3.63, 3.8) is 0 Å². The lowest BCUT2D eigenvalue weighted by Gasteiger charge is -2.18. The molecule has 0 bridgehead atoms. The Kier molecular flexibility index (Phi) is 3.97. The summed E-state index contributed by atoms with van der Waals surface area (Å²) < 4.78 is 10.7. The van der Waals surface area contributed by atoms with Crippen LogP contribution in [0.1, 0.15) is 36.0 Å². The summed E-state index contributed by atoms with van der Waals surface area (Å²) in [7, 11) is 0. The minimum Gasteiger partial charge on any atom is -0.399 e. The minimum atomic E-state index is 0.378. The van der Waals surface area contributed by atoms with Gasteiger partial charge in [0.05, 0.1) is 0 Å². The fraction of sp³-hybridized carbons (Fsp3) is 0.467. The molecule has 20 heavy (non-hydrogen) atoms. The number of hydrogen-bond acceptors (Lipinski definition) is 5. The Balaban J connectivity index is 1.61. The van der Waals surface area contributed by atoms with Crippen LogP contribution in [0.2, 0.25) is 0 Å². The maximum atomic E-state index is 5.93. The van der Waals surface area contributed by atoms with Crippen LogP contribution in [0.5, 0.6) is 0 Å². The highest BCUT2D eigenvalue weighted by Crippen LogP contribution is 2.24. The number of aromatic nitrogens is 2. The molecule has 0 amide bonds. The predicted octanol–water partition coefficient (Wildman–Crippen LogP) is 2.33. The van der Waals surface area contributed by atoms with Crippen molar-refractivity contribution in [2.45, 2.75) is 31.6 Å². The first-order chi connectivity index (χ1) is 9.83. The molecule has 5 heteroatoms. The van der Waals surface area contributed by atoms with Crippen molar-refractivity contribution in [1.29, 1.82) is 0 Å². The summed E-state index contributed by atoms with van der Waals surface area (Å²) in [6, 6.07) is 7.88. The number of hydrogen-bond donors (Lipinski definition) is 1. The van der Waals surface area contributed by atoms with E-state index in [9.17, 15) is 0 Å². The molecule has 0 radical (unpaired) electrons. The Hall–Kier alpha value is -1.88. The zero-order valence-corrected chi connectivity index (χ0v) is 11.4. The molecule has 1 aliphatic heterocycles. The van der Waals surface area contributed by atoms with Crippen LogP contribution in [0.25, 0.3) is 0 Å². The van der Waals surface area contributed by atoms with Crippen LogP contribution in [0.15, 0.2) is 28.8 Å². The number of rotatable bonds is 4. The van der Waals surface area contributed by atoms with Gasteiger partial charge in [0.15, 0.2) is 5.82 Å². The molecule has 1 aromatic heterocycles. The zero-order valence-electron chi connectivity index (χ0n) is 11.4. The van der Waals surface area contributed by atoms with E-state index in [1.54, 1.807) is 0 Å². The fourth-order valence-corrected chi connectivity index (χ4v) is 2.49. The quantitative estimate of drug-likeness (QED) is 0.865. The molecule has 1 saturated heterocycles. The molecule has 2 N–H and O–H groups in total. The van der Waals surface area contributed by atoms with Crippen molar-refractivity contribution in [3.05, 3.63) is 41.5 Å². The second kappa shape index (κ2) is 6.05. The Bertz CT molecular complexity index is 562. The van der Waals surface area contributed by atoms with Crippen molar-refractivity contribution < 1.29 is 9.26 Å². The Morgan fingerprint density at radius 1 is 1.15 bits per heavy atom. The highest BCUT2D eigenvalue weighted by Gasteiger charge is 2.21. The molecule has 1 aliphatic rings. The minimum absolute atomic E-state index is 0.378. The van der Waals surface area contributed by atoms with Crippen LogP contribution < -0.4 is 5.73 Å². The Labute approximate surface area is 118 Å². The van der Waals surface area contributed by atoms with Crippen LogP contribution in [-0.4, -0.2) is 23.4 Å². The summed E-state index contributed by atoms with van der Waals surface area (Å²) in [4.78, 5) is 4.50. The number of benzene rings is 1. The highest BCUT2D eigenvalue weighted by atomic mass is 16.5. The lowest BCUT2D eigenvalue weighted by Crippen LogP contribution is -2.15. The monoisotopic (exact) mass is 273 g/mol. The predicted molar refractivity (Wildman–Crippen MR) is 75.4 cm³/mol. The average molecular weight is 273 g/mol. The second-order valence-electron chi connectivity index (χ2n) is 5.13. The normalized spacial score (nSPS) is 16.4. The maximum absolute atomic E-state index is 5.93. The zero-order chi connectivity index (χ0) is 13.8. The van der Waals surface area contributed by atoms with E-state index in [1.165, 1.54) is 0 Å². The van der Waals surface area contributed by atoms with Gasteiger partial charge in [0.2, 0.25) is 5.89 Å². The van der Waals surface area contributed by atoms with Gasteiger partial charge in [0.1, 0.15) is 0 Å². The number of para-hydroxylation sites is 1. The SMILES string of the molecule is Nc1ccccc1CCc1nc(C2CCOCC2)no1. The van der Waals surface area contributed by atoms with Gasteiger partial charge in [-0.25, -0.2) is 0 Å². The summed E-state index contributed by atoms with van der Waals surface area (Å²) in [5.74, 6) is 1.89. The Morgan fingerprint density at radius 2 is 1.95 bits per heavy atom. The first kappa shape index (κ1) is 13.1. The van der Waals surface area contributed by atoms with Crippen LogP contribution in [0, 0.1) is 0 Å². The van der Waals surface area contributed by atoms with E-state index in [0.29, 0.717) is 11.8 Å². The molecule has 0 unspecified atom stereocenters. The second-order valence-corrected chi connectivity index (χ2v) is 5.13. The van der Waals surface area contributed by atoms with Crippen LogP contribution in [0.3, 0.4) is 0 Å². The van der Waals surface area contributed by atoms with Gasteiger partial charge in [-0.05, 0) is 30.9 Å². The van der Waals surface area contributed by atoms with Gasteiger partial charge in [0.25, 0.3) is 0 Å². The van der Waals surface area contributed by atoms with Gasteiger partial charge in [-0.3, -0.25) is 0 Å². The molecule has 2 aromatic rings. The molecule has 0 aliphatic carbocycles. The number of anilines is 1. The third kappa shape index (κ3) is 2.99. The van der Waals surface area contributed by atoms with Gasteiger partial charge < -0.3 is 15.0 Å². The maximum Gasteiger partial charge on any atom is 0.226 e. The molecule has 2 heterocycles. The van der Waals surface area contributed by atoms with Crippen LogP contribution in [0.4, 0.5) is 5.69 Å². The van der Waals surface area contributed by atoms with E-state index in [1.807, 2.05) is 24.3 Å². The molecule has 1 aromatic carbocycles. The first-order valence-electron chi connectivity index (χ1n) is 7.06. The molecule has 0 atom stereocenters. The molecule has 0 spiro atoms. The topological polar surface area (TPSA) is 74.2 Å². The van der Waals surface area contributed by atoms with E-state index < -0.39 is 0 Å². The van der Waals surface area contributed by atoms with E-state index in [0.717, 1.165) is 56.0 Å². The molecule has 0 saturated carbocycles. The van der Waals surface area contributed by atoms with E-state index in [-0.39, 0.29) is 0 Å². The fourth-order valence-electron chi connectivity index (χ4n) is 2.49. The van der Waals surface area contributed by atoms with Crippen molar-refractivity contribution in [1.82, 2.24) is 10.1 Å². The molecule has 5 nitrogen and oxygen atoms in total. The van der Waals surface area contributed by atoms with Crippen molar-refractivity contribution in [2.75, 3.05) is 18.9 Å². The lowest BCUT2D eigenvalue weighted by atomic mass is 10.00. The summed E-state index contributed by atoms with van der Waals surface area (Å²) in [5, 5.41) is 4.10. The number of aryl methyl sites for hydroxylation is 2. The third-order valence-corrected chi connectivity index (χ3v) is 3.73. The van der Waals surface area contributed by atoms with Gasteiger partial charge in [0, 0.05) is 31.2 Å². The smallest absolute Gasteiger partial charge is 0.226 e. The van der Waals surface area contributed by atoms with Crippen LogP contribution in [-0.2, 0) is 17.6 Å². The number of nitrogens with zero attached hydrogens (tertiary/aromatic N) is 2. The van der Waals surface area contributed by atoms with E-state index >= 15 is 0 Å². The van der Waals surface area contributed by atoms with Crippen molar-refractivity contribution in [3.8, 4) is 0 Å². The molecule has 1 fully saturated rings. The largest absolute Gasteiger partial charge is 0.399 e. The van der Waals surface area contributed by atoms with Gasteiger partial charge >= 0.3 is 0 Å². The number of nitrogen functional groups attached to an aromatic ring is 1. The standard InChI is InChI=1S/C15H19N3O2/c16-13-4-2-1-3-11(13)5-6-14-17-15(18-20-14)12-7-9-19-10-8-12/h1-4,12H,5-10,16H2. The number of ether oxygens (including phenoxy) is 1. The lowest BCUT2D eigenvalue weighted by molar-refractivity contribution is 0.0830. The average Bonchev–Trinajstić information content (AvgIpc) is 2.96. The molecular formula is C15H19N3O2. The Morgan fingerprint density at radius 3 is 2.75 bits per heavy atom. The molecule has 3 rings (SSSR count). The van der Waals surface area contributed by atoms with Gasteiger partial charge in [-0.15, -0.1) is 0 Å². The summed E-state index contributed by atoms with van der Waals surface area (Å²) in [6.45, 7) is 1.57. The van der Waals surface area contributed by atoms with E-state index in [2.05, 4.69) is 10.1 Å². The van der Waals surface area contributed by atoms with Crippen LogP contribution >= 0.6 is 0 Å². The van der Waals surface area contributed by atoms with Crippen molar-refractivity contribution in [2.24, 2.45) is 0 Å². The third-order valence-electron chi connectivity index (χ3n) is 3.73. The van der Waals surface area contributed by atoms with Gasteiger partial charge in [-0.2, -0.15) is 4.98 Å². The number of nitrogens with two attached hydrogens (primary N) is 1.